The third-order valence-corrected chi connectivity index (χ3v) is 5.28. The summed E-state index contributed by atoms with van der Waals surface area (Å²) >= 11 is 1.11. The van der Waals surface area contributed by atoms with Gasteiger partial charge in [-0.3, -0.25) is 0 Å². The highest BCUT2D eigenvalue weighted by Crippen LogP contribution is 2.33. The first-order valence-corrected chi connectivity index (χ1v) is 8.45. The Kier molecular flexibility index (Phi) is 4.98. The van der Waals surface area contributed by atoms with Gasteiger partial charge in [0.25, 0.3) is 0 Å². The predicted molar refractivity (Wildman–Crippen MR) is 76.8 cm³/mol. The number of sulfone groups is 1. The van der Waals surface area contributed by atoms with Crippen LogP contribution in [-0.4, -0.2) is 24.6 Å². The zero-order chi connectivity index (χ0) is 13.9. The van der Waals surface area contributed by atoms with Crippen LogP contribution in [0.25, 0.3) is 0 Å². The lowest BCUT2D eigenvalue weighted by molar-refractivity contribution is 0.540. The molecule has 1 unspecified atom stereocenters. The van der Waals surface area contributed by atoms with E-state index in [0.717, 1.165) is 18.0 Å². The standard InChI is InChI=1S/C11H21N3O2S2/c1-5-18(15,16)9-10(12)14-17-11(9)13-8(4)6-7(2)3/h7-8,13H,5-6H2,1-4H3,(H2,12,14). The molecule has 0 amide bonds. The highest BCUT2D eigenvalue weighted by molar-refractivity contribution is 7.91. The third-order valence-electron chi connectivity index (χ3n) is 2.57. The lowest BCUT2D eigenvalue weighted by Gasteiger charge is -2.16. The molecule has 5 nitrogen and oxygen atoms in total. The molecule has 0 aliphatic heterocycles. The lowest BCUT2D eigenvalue weighted by Crippen LogP contribution is -2.18. The van der Waals surface area contributed by atoms with Crippen molar-refractivity contribution < 1.29 is 8.42 Å². The maximum atomic E-state index is 12.0. The summed E-state index contributed by atoms with van der Waals surface area (Å²) in [5.41, 5.74) is 5.66. The summed E-state index contributed by atoms with van der Waals surface area (Å²) in [7, 11) is -3.33. The van der Waals surface area contributed by atoms with Gasteiger partial charge in [-0.1, -0.05) is 20.8 Å². The molecular formula is C11H21N3O2S2. The van der Waals surface area contributed by atoms with E-state index in [1.807, 2.05) is 6.92 Å². The summed E-state index contributed by atoms with van der Waals surface area (Å²) in [5, 5.41) is 3.76. The molecule has 3 N–H and O–H groups in total. The van der Waals surface area contributed by atoms with Crippen molar-refractivity contribution in [2.24, 2.45) is 5.92 Å². The average Bonchev–Trinajstić information content (AvgIpc) is 2.59. The number of nitrogens with two attached hydrogens (primary N) is 1. The molecule has 0 bridgehead atoms. The fourth-order valence-corrected chi connectivity index (χ4v) is 4.09. The number of hydrogen-bond acceptors (Lipinski definition) is 6. The van der Waals surface area contributed by atoms with Gasteiger partial charge in [0.1, 0.15) is 9.90 Å². The van der Waals surface area contributed by atoms with E-state index in [1.54, 1.807) is 6.92 Å². The minimum atomic E-state index is -3.33. The summed E-state index contributed by atoms with van der Waals surface area (Å²) in [6, 6.07) is 0.190. The smallest absolute Gasteiger partial charge is 0.184 e. The minimum absolute atomic E-state index is 0.0306. The van der Waals surface area contributed by atoms with Crippen LogP contribution in [0.4, 0.5) is 10.8 Å². The second kappa shape index (κ2) is 5.88. The molecule has 0 spiro atoms. The van der Waals surface area contributed by atoms with E-state index in [9.17, 15) is 8.42 Å². The molecule has 7 heteroatoms. The van der Waals surface area contributed by atoms with Gasteiger partial charge in [0, 0.05) is 6.04 Å². The van der Waals surface area contributed by atoms with Gasteiger partial charge in [-0.15, -0.1) is 0 Å². The lowest BCUT2D eigenvalue weighted by atomic mass is 10.1. The molecule has 1 rings (SSSR count). The monoisotopic (exact) mass is 291 g/mol. The number of hydrogen-bond donors (Lipinski definition) is 2. The van der Waals surface area contributed by atoms with Crippen molar-refractivity contribution in [3.05, 3.63) is 0 Å². The first-order chi connectivity index (χ1) is 8.27. The van der Waals surface area contributed by atoms with Crippen LogP contribution in [0, 0.1) is 5.92 Å². The fourth-order valence-electron chi connectivity index (χ4n) is 1.82. The summed E-state index contributed by atoms with van der Waals surface area (Å²) in [4.78, 5) is 0.158. The van der Waals surface area contributed by atoms with Crippen LogP contribution in [0.1, 0.15) is 34.1 Å². The Labute approximate surface area is 113 Å². The van der Waals surface area contributed by atoms with Crippen molar-refractivity contribution in [3.8, 4) is 0 Å². The summed E-state index contributed by atoms with van der Waals surface area (Å²) in [6.45, 7) is 7.89. The molecule has 1 heterocycles. The molecule has 0 aliphatic rings. The summed E-state index contributed by atoms with van der Waals surface area (Å²) in [5.74, 6) is 0.674. The number of anilines is 2. The van der Waals surface area contributed by atoms with Crippen molar-refractivity contribution in [2.75, 3.05) is 16.8 Å². The first kappa shape index (κ1) is 15.2. The summed E-state index contributed by atoms with van der Waals surface area (Å²) < 4.78 is 27.8. The average molecular weight is 291 g/mol. The topological polar surface area (TPSA) is 85.1 Å². The van der Waals surface area contributed by atoms with Gasteiger partial charge >= 0.3 is 0 Å². The van der Waals surface area contributed by atoms with E-state index in [-0.39, 0.29) is 22.5 Å². The Hall–Kier alpha value is -0.820. The number of aromatic nitrogens is 1. The van der Waals surface area contributed by atoms with Crippen molar-refractivity contribution >= 4 is 32.2 Å². The Morgan fingerprint density at radius 2 is 2.00 bits per heavy atom. The van der Waals surface area contributed by atoms with E-state index < -0.39 is 9.84 Å². The Balaban J connectivity index is 2.98. The number of rotatable bonds is 6. The normalized spacial score (nSPS) is 13.8. The van der Waals surface area contributed by atoms with Gasteiger partial charge in [0.15, 0.2) is 15.7 Å². The van der Waals surface area contributed by atoms with Crippen LogP contribution in [-0.2, 0) is 9.84 Å². The molecule has 0 radical (unpaired) electrons. The van der Waals surface area contributed by atoms with Crippen LogP contribution in [0.3, 0.4) is 0 Å². The molecule has 0 saturated heterocycles. The van der Waals surface area contributed by atoms with Crippen LogP contribution in [0.5, 0.6) is 0 Å². The molecular weight excluding hydrogens is 270 g/mol. The largest absolute Gasteiger partial charge is 0.382 e. The van der Waals surface area contributed by atoms with E-state index >= 15 is 0 Å². The molecule has 0 saturated carbocycles. The Morgan fingerprint density at radius 1 is 1.39 bits per heavy atom. The van der Waals surface area contributed by atoms with Crippen molar-refractivity contribution in [1.82, 2.24) is 4.37 Å². The van der Waals surface area contributed by atoms with Gasteiger partial charge in [0.2, 0.25) is 0 Å². The fraction of sp³-hybridized carbons (Fsp3) is 0.727. The molecule has 0 aliphatic carbocycles. The summed E-state index contributed by atoms with van der Waals surface area (Å²) in [6.07, 6.45) is 0.962. The van der Waals surface area contributed by atoms with E-state index in [4.69, 9.17) is 5.73 Å². The molecule has 1 atom stereocenters. The van der Waals surface area contributed by atoms with Crippen molar-refractivity contribution in [3.63, 3.8) is 0 Å². The van der Waals surface area contributed by atoms with E-state index in [1.165, 1.54) is 0 Å². The van der Waals surface area contributed by atoms with Crippen LogP contribution >= 0.6 is 11.5 Å². The maximum absolute atomic E-state index is 12.0. The third kappa shape index (κ3) is 3.58. The van der Waals surface area contributed by atoms with Crippen LogP contribution in [0.2, 0.25) is 0 Å². The second-order valence-corrected chi connectivity index (χ2v) is 7.79. The highest BCUT2D eigenvalue weighted by atomic mass is 32.2. The van der Waals surface area contributed by atoms with Crippen molar-refractivity contribution in [2.45, 2.75) is 45.1 Å². The van der Waals surface area contributed by atoms with E-state index in [0.29, 0.717) is 10.9 Å². The van der Waals surface area contributed by atoms with Gasteiger partial charge in [-0.2, -0.15) is 4.37 Å². The van der Waals surface area contributed by atoms with Gasteiger partial charge in [-0.25, -0.2) is 8.42 Å². The van der Waals surface area contributed by atoms with Crippen LogP contribution in [0.15, 0.2) is 4.90 Å². The minimum Gasteiger partial charge on any atom is -0.382 e. The molecule has 1 aromatic heterocycles. The van der Waals surface area contributed by atoms with Gasteiger partial charge in [0.05, 0.1) is 5.75 Å². The quantitative estimate of drug-likeness (QED) is 0.840. The van der Waals surface area contributed by atoms with Crippen molar-refractivity contribution in [1.29, 1.82) is 0 Å². The number of nitrogens with zero attached hydrogens (tertiary/aromatic N) is 1. The molecule has 0 aromatic carbocycles. The number of nitrogen functional groups attached to an aromatic ring is 1. The molecule has 1 aromatic rings. The van der Waals surface area contributed by atoms with Gasteiger partial charge in [-0.05, 0) is 30.8 Å². The Morgan fingerprint density at radius 3 is 2.50 bits per heavy atom. The second-order valence-electron chi connectivity index (χ2n) is 4.80. The molecule has 18 heavy (non-hydrogen) atoms. The maximum Gasteiger partial charge on any atom is 0.184 e. The first-order valence-electron chi connectivity index (χ1n) is 6.02. The van der Waals surface area contributed by atoms with E-state index in [2.05, 4.69) is 23.5 Å². The zero-order valence-corrected chi connectivity index (χ0v) is 12.9. The van der Waals surface area contributed by atoms with Crippen LogP contribution < -0.4 is 11.1 Å². The molecule has 0 fully saturated rings. The Bertz CT molecular complexity index is 494. The predicted octanol–water partition coefficient (Wildman–Crippen LogP) is 2.37. The highest BCUT2D eigenvalue weighted by Gasteiger charge is 2.24. The molecule has 104 valence electrons. The number of nitrogens with one attached hydrogen (secondary N) is 1. The SMILES string of the molecule is CCS(=O)(=O)c1c(N)nsc1NC(C)CC(C)C. The zero-order valence-electron chi connectivity index (χ0n) is 11.2. The van der Waals surface area contributed by atoms with Gasteiger partial charge < -0.3 is 11.1 Å².